The van der Waals surface area contributed by atoms with Crippen molar-refractivity contribution < 1.29 is 9.53 Å². The summed E-state index contributed by atoms with van der Waals surface area (Å²) in [6.07, 6.45) is 3.33. The maximum atomic E-state index is 12.9. The van der Waals surface area contributed by atoms with Crippen LogP contribution in [0, 0.1) is 11.3 Å². The average Bonchev–Trinajstić information content (AvgIpc) is 2.88. The summed E-state index contributed by atoms with van der Waals surface area (Å²) in [6, 6.07) is 0. The molecule has 2 unspecified atom stereocenters. The number of ether oxygens (including phenoxy) is 1. The van der Waals surface area contributed by atoms with E-state index in [9.17, 15) is 4.79 Å². The number of nitrogens with zero attached hydrogens (tertiary/aromatic N) is 1. The molecular weight excluding hydrogens is 228 g/mol. The van der Waals surface area contributed by atoms with Gasteiger partial charge in [-0.05, 0) is 31.7 Å². The first-order valence-electron chi connectivity index (χ1n) is 7.13. The molecule has 0 saturated carbocycles. The minimum atomic E-state index is -0.185. The van der Waals surface area contributed by atoms with E-state index < -0.39 is 0 Å². The Morgan fingerprint density at radius 2 is 2.28 bits per heavy atom. The summed E-state index contributed by atoms with van der Waals surface area (Å²) >= 11 is 0. The smallest absolute Gasteiger partial charge is 0.230 e. The second kappa shape index (κ2) is 5.57. The van der Waals surface area contributed by atoms with E-state index in [0.29, 0.717) is 11.8 Å². The summed E-state index contributed by atoms with van der Waals surface area (Å²) in [6.45, 7) is 7.80. The van der Waals surface area contributed by atoms with Gasteiger partial charge in [-0.3, -0.25) is 4.79 Å². The van der Waals surface area contributed by atoms with Crippen molar-refractivity contribution in [2.24, 2.45) is 11.3 Å². The number of piperidine rings is 1. The molecule has 0 spiro atoms. The van der Waals surface area contributed by atoms with Crippen LogP contribution < -0.4 is 5.32 Å². The van der Waals surface area contributed by atoms with Crippen molar-refractivity contribution in [3.8, 4) is 0 Å². The van der Waals surface area contributed by atoms with Gasteiger partial charge in [0.25, 0.3) is 0 Å². The molecule has 2 aliphatic rings. The third-order valence-electron chi connectivity index (χ3n) is 4.72. The molecule has 2 aliphatic heterocycles. The quantitative estimate of drug-likeness (QED) is 0.824. The molecule has 0 aliphatic carbocycles. The molecule has 4 nitrogen and oxygen atoms in total. The zero-order valence-corrected chi connectivity index (χ0v) is 11.9. The minimum absolute atomic E-state index is 0.185. The number of hydrogen-bond donors (Lipinski definition) is 1. The molecule has 0 bridgehead atoms. The Hall–Kier alpha value is -0.610. The van der Waals surface area contributed by atoms with Crippen molar-refractivity contribution in [3.63, 3.8) is 0 Å². The monoisotopic (exact) mass is 254 g/mol. The lowest BCUT2D eigenvalue weighted by molar-refractivity contribution is -0.147. The zero-order valence-electron chi connectivity index (χ0n) is 11.9. The standard InChI is InChI=1S/C14H26N2O2/c1-11(2)14(6-7-15-10-14)13(17)16-8-4-5-12(9-16)18-3/h11-12,15H,4-10H2,1-3H3. The maximum Gasteiger partial charge on any atom is 0.230 e. The fraction of sp³-hybridized carbons (Fsp3) is 0.929. The van der Waals surface area contributed by atoms with Crippen molar-refractivity contribution in [1.82, 2.24) is 10.2 Å². The Labute approximate surface area is 110 Å². The molecule has 4 heteroatoms. The molecule has 0 aromatic rings. The summed E-state index contributed by atoms with van der Waals surface area (Å²) in [7, 11) is 1.74. The lowest BCUT2D eigenvalue weighted by Crippen LogP contribution is -2.52. The van der Waals surface area contributed by atoms with Gasteiger partial charge in [0.15, 0.2) is 0 Å². The number of methoxy groups -OCH3 is 1. The van der Waals surface area contributed by atoms with Crippen LogP contribution in [0.2, 0.25) is 0 Å². The zero-order chi connectivity index (χ0) is 13.2. The Morgan fingerprint density at radius 3 is 2.83 bits per heavy atom. The van der Waals surface area contributed by atoms with E-state index in [1.165, 1.54) is 0 Å². The number of nitrogens with one attached hydrogen (secondary N) is 1. The van der Waals surface area contributed by atoms with E-state index in [1.54, 1.807) is 7.11 Å². The molecule has 0 radical (unpaired) electrons. The predicted octanol–water partition coefficient (Wildman–Crippen LogP) is 1.26. The van der Waals surface area contributed by atoms with Gasteiger partial charge in [0.05, 0.1) is 11.5 Å². The molecule has 2 fully saturated rings. The normalized spacial score (nSPS) is 33.1. The Kier molecular flexibility index (Phi) is 4.28. The van der Waals surface area contributed by atoms with Gasteiger partial charge in [0.1, 0.15) is 0 Å². The average molecular weight is 254 g/mol. The van der Waals surface area contributed by atoms with Crippen LogP contribution in [0.4, 0.5) is 0 Å². The van der Waals surface area contributed by atoms with Crippen LogP contribution in [0.15, 0.2) is 0 Å². The van der Waals surface area contributed by atoms with Gasteiger partial charge >= 0.3 is 0 Å². The van der Waals surface area contributed by atoms with E-state index in [4.69, 9.17) is 4.74 Å². The van der Waals surface area contributed by atoms with Crippen LogP contribution in [0.5, 0.6) is 0 Å². The first-order valence-corrected chi connectivity index (χ1v) is 7.13. The van der Waals surface area contributed by atoms with Crippen molar-refractivity contribution in [1.29, 1.82) is 0 Å². The third kappa shape index (κ3) is 2.41. The molecular formula is C14H26N2O2. The first kappa shape index (κ1) is 13.8. The van der Waals surface area contributed by atoms with Gasteiger partial charge in [0.2, 0.25) is 5.91 Å². The summed E-state index contributed by atoms with van der Waals surface area (Å²) < 4.78 is 5.42. The number of likely N-dealkylation sites (tertiary alicyclic amines) is 1. The highest BCUT2D eigenvalue weighted by atomic mass is 16.5. The Balaban J connectivity index is 2.09. The van der Waals surface area contributed by atoms with Gasteiger partial charge in [-0.25, -0.2) is 0 Å². The number of hydrogen-bond acceptors (Lipinski definition) is 3. The summed E-state index contributed by atoms with van der Waals surface area (Å²) in [5.74, 6) is 0.729. The van der Waals surface area contributed by atoms with Crippen molar-refractivity contribution >= 4 is 5.91 Å². The molecule has 0 aromatic carbocycles. The number of carbonyl (C=O) groups excluding carboxylic acids is 1. The molecule has 2 heterocycles. The van der Waals surface area contributed by atoms with E-state index in [-0.39, 0.29) is 11.5 Å². The Bertz CT molecular complexity index is 298. The summed E-state index contributed by atoms with van der Waals surface area (Å²) in [5.41, 5.74) is -0.185. The minimum Gasteiger partial charge on any atom is -0.380 e. The van der Waals surface area contributed by atoms with Crippen LogP contribution in [-0.4, -0.2) is 50.2 Å². The predicted molar refractivity (Wildman–Crippen MR) is 71.4 cm³/mol. The van der Waals surface area contributed by atoms with Gasteiger partial charge in [-0.2, -0.15) is 0 Å². The molecule has 2 atom stereocenters. The van der Waals surface area contributed by atoms with Gasteiger partial charge in [0, 0.05) is 26.7 Å². The van der Waals surface area contributed by atoms with Gasteiger partial charge < -0.3 is 15.0 Å². The van der Waals surface area contributed by atoms with E-state index >= 15 is 0 Å². The van der Waals surface area contributed by atoms with Gasteiger partial charge in [-0.15, -0.1) is 0 Å². The van der Waals surface area contributed by atoms with Gasteiger partial charge in [-0.1, -0.05) is 13.8 Å². The number of amides is 1. The lowest BCUT2D eigenvalue weighted by atomic mass is 9.75. The fourth-order valence-electron chi connectivity index (χ4n) is 3.26. The molecule has 1 amide bonds. The molecule has 18 heavy (non-hydrogen) atoms. The van der Waals surface area contributed by atoms with Crippen LogP contribution >= 0.6 is 0 Å². The van der Waals surface area contributed by atoms with Crippen LogP contribution in [0.3, 0.4) is 0 Å². The second-order valence-corrected chi connectivity index (χ2v) is 5.99. The van der Waals surface area contributed by atoms with Crippen LogP contribution in [0.25, 0.3) is 0 Å². The summed E-state index contributed by atoms with van der Waals surface area (Å²) in [5, 5.41) is 3.36. The lowest BCUT2D eigenvalue weighted by Gasteiger charge is -2.40. The largest absolute Gasteiger partial charge is 0.380 e. The van der Waals surface area contributed by atoms with E-state index in [2.05, 4.69) is 19.2 Å². The topological polar surface area (TPSA) is 41.6 Å². The molecule has 0 aromatic heterocycles. The highest BCUT2D eigenvalue weighted by Gasteiger charge is 2.46. The molecule has 2 rings (SSSR count). The molecule has 104 valence electrons. The van der Waals surface area contributed by atoms with Crippen molar-refractivity contribution in [2.45, 2.75) is 39.2 Å². The Morgan fingerprint density at radius 1 is 1.50 bits per heavy atom. The van der Waals surface area contributed by atoms with Crippen LogP contribution in [-0.2, 0) is 9.53 Å². The SMILES string of the molecule is COC1CCCN(C(=O)C2(C(C)C)CCNC2)C1. The van der Waals surface area contributed by atoms with E-state index in [0.717, 1.165) is 45.4 Å². The highest BCUT2D eigenvalue weighted by molar-refractivity contribution is 5.84. The van der Waals surface area contributed by atoms with Crippen molar-refractivity contribution in [3.05, 3.63) is 0 Å². The second-order valence-electron chi connectivity index (χ2n) is 5.99. The fourth-order valence-corrected chi connectivity index (χ4v) is 3.26. The third-order valence-corrected chi connectivity index (χ3v) is 4.72. The van der Waals surface area contributed by atoms with E-state index in [1.807, 2.05) is 4.90 Å². The highest BCUT2D eigenvalue weighted by Crippen LogP contribution is 2.36. The maximum absolute atomic E-state index is 12.9. The number of carbonyl (C=O) groups is 1. The molecule has 1 N–H and O–H groups in total. The number of rotatable bonds is 3. The first-order chi connectivity index (χ1) is 8.60. The van der Waals surface area contributed by atoms with Crippen molar-refractivity contribution in [2.75, 3.05) is 33.3 Å². The molecule has 2 saturated heterocycles. The van der Waals surface area contributed by atoms with Crippen LogP contribution in [0.1, 0.15) is 33.1 Å². The summed E-state index contributed by atoms with van der Waals surface area (Å²) in [4.78, 5) is 14.9.